The minimum atomic E-state index is -0.767. The number of carbonyl (C=O) groups is 1. The minimum absolute atomic E-state index is 0.0240. The lowest BCUT2D eigenvalue weighted by Crippen LogP contribution is -2.47. The van der Waals surface area contributed by atoms with Crippen molar-refractivity contribution in [3.8, 4) is 22.6 Å². The normalized spacial score (nSPS) is 22.1. The quantitative estimate of drug-likeness (QED) is 0.846. The predicted octanol–water partition coefficient (Wildman–Crippen LogP) is 4.00. The van der Waals surface area contributed by atoms with Crippen LogP contribution in [0.3, 0.4) is 0 Å². The molecule has 5 nitrogen and oxygen atoms in total. The standard InChI is InChI=1S/C21H22ClNO4/c1-21(6-3-8-27-21)20(25)23-7-9-26-19-16(13-23)10-15(12-18(19)24)14-4-2-5-17(22)11-14/h2,4-5,10-12,24H,3,6-9,13H2,1H3. The highest BCUT2D eigenvalue weighted by Crippen LogP contribution is 2.39. The smallest absolute Gasteiger partial charge is 0.254 e. The minimum Gasteiger partial charge on any atom is -0.504 e. The Labute approximate surface area is 163 Å². The SMILES string of the molecule is CC1(C(=O)N2CCOc3c(O)cc(-c4cccc(Cl)c4)cc3C2)CCCO1. The third-order valence-corrected chi connectivity index (χ3v) is 5.47. The third kappa shape index (κ3) is 3.49. The number of carbonyl (C=O) groups excluding carboxylic acids is 1. The number of benzene rings is 2. The topological polar surface area (TPSA) is 59.0 Å². The molecule has 1 saturated heterocycles. The van der Waals surface area contributed by atoms with Crippen molar-refractivity contribution in [2.24, 2.45) is 0 Å². The van der Waals surface area contributed by atoms with E-state index < -0.39 is 5.60 Å². The summed E-state index contributed by atoms with van der Waals surface area (Å²) in [7, 11) is 0. The molecule has 1 atom stereocenters. The van der Waals surface area contributed by atoms with Crippen molar-refractivity contribution in [3.05, 3.63) is 47.0 Å². The molecule has 142 valence electrons. The van der Waals surface area contributed by atoms with Gasteiger partial charge in [0.2, 0.25) is 0 Å². The molecule has 0 bridgehead atoms. The maximum atomic E-state index is 13.0. The van der Waals surface area contributed by atoms with E-state index in [0.29, 0.717) is 37.1 Å². The number of aromatic hydroxyl groups is 1. The van der Waals surface area contributed by atoms with Gasteiger partial charge < -0.3 is 19.5 Å². The number of phenols is 1. The molecule has 6 heteroatoms. The van der Waals surface area contributed by atoms with Gasteiger partial charge in [-0.05, 0) is 55.2 Å². The summed E-state index contributed by atoms with van der Waals surface area (Å²) in [6.45, 7) is 3.63. The Hall–Kier alpha value is -2.24. The summed E-state index contributed by atoms with van der Waals surface area (Å²) < 4.78 is 11.5. The zero-order valence-corrected chi connectivity index (χ0v) is 16.0. The van der Waals surface area contributed by atoms with Crippen LogP contribution in [0.4, 0.5) is 0 Å². The molecule has 0 spiro atoms. The fraction of sp³-hybridized carbons (Fsp3) is 0.381. The van der Waals surface area contributed by atoms with Crippen LogP contribution in [0, 0.1) is 0 Å². The number of rotatable bonds is 2. The van der Waals surface area contributed by atoms with Crippen molar-refractivity contribution >= 4 is 17.5 Å². The molecular formula is C21H22ClNO4. The molecule has 2 aromatic carbocycles. The van der Waals surface area contributed by atoms with Crippen LogP contribution in [-0.4, -0.2) is 41.3 Å². The first-order valence-corrected chi connectivity index (χ1v) is 9.52. The number of hydrogen-bond donors (Lipinski definition) is 1. The van der Waals surface area contributed by atoms with Crippen molar-refractivity contribution in [1.29, 1.82) is 0 Å². The van der Waals surface area contributed by atoms with Crippen LogP contribution < -0.4 is 4.74 Å². The largest absolute Gasteiger partial charge is 0.504 e. The average molecular weight is 388 g/mol. The van der Waals surface area contributed by atoms with E-state index in [2.05, 4.69) is 0 Å². The molecule has 1 unspecified atom stereocenters. The number of ether oxygens (including phenoxy) is 2. The number of halogens is 1. The van der Waals surface area contributed by atoms with Crippen molar-refractivity contribution in [2.45, 2.75) is 31.9 Å². The summed E-state index contributed by atoms with van der Waals surface area (Å²) in [4.78, 5) is 14.8. The summed E-state index contributed by atoms with van der Waals surface area (Å²) >= 11 is 6.10. The van der Waals surface area contributed by atoms with Gasteiger partial charge in [0.25, 0.3) is 5.91 Å². The highest BCUT2D eigenvalue weighted by molar-refractivity contribution is 6.30. The zero-order valence-electron chi connectivity index (χ0n) is 15.2. The van der Waals surface area contributed by atoms with E-state index in [1.54, 1.807) is 17.0 Å². The number of fused-ring (bicyclic) bond motifs is 1. The Balaban J connectivity index is 1.68. The lowest BCUT2D eigenvalue weighted by Gasteiger charge is -2.30. The Morgan fingerprint density at radius 2 is 2.07 bits per heavy atom. The van der Waals surface area contributed by atoms with Crippen LogP contribution in [0.1, 0.15) is 25.3 Å². The van der Waals surface area contributed by atoms with E-state index in [9.17, 15) is 9.90 Å². The molecular weight excluding hydrogens is 366 g/mol. The van der Waals surface area contributed by atoms with Gasteiger partial charge >= 0.3 is 0 Å². The molecule has 1 N–H and O–H groups in total. The highest BCUT2D eigenvalue weighted by Gasteiger charge is 2.41. The monoisotopic (exact) mass is 387 g/mol. The predicted molar refractivity (Wildman–Crippen MR) is 103 cm³/mol. The molecule has 27 heavy (non-hydrogen) atoms. The van der Waals surface area contributed by atoms with Crippen molar-refractivity contribution in [2.75, 3.05) is 19.8 Å². The Morgan fingerprint density at radius 3 is 2.81 bits per heavy atom. The van der Waals surface area contributed by atoms with E-state index >= 15 is 0 Å². The molecule has 2 aliphatic rings. The second-order valence-corrected chi connectivity index (χ2v) is 7.69. The first-order chi connectivity index (χ1) is 13.0. The van der Waals surface area contributed by atoms with Gasteiger partial charge in [0.15, 0.2) is 11.5 Å². The van der Waals surface area contributed by atoms with E-state index in [1.165, 1.54) is 0 Å². The van der Waals surface area contributed by atoms with E-state index in [1.807, 2.05) is 31.2 Å². The Kier molecular flexibility index (Phi) is 4.74. The van der Waals surface area contributed by atoms with Gasteiger partial charge in [-0.15, -0.1) is 0 Å². The van der Waals surface area contributed by atoms with Crippen molar-refractivity contribution in [3.63, 3.8) is 0 Å². The second-order valence-electron chi connectivity index (χ2n) is 7.25. The van der Waals surface area contributed by atoms with Crippen molar-refractivity contribution in [1.82, 2.24) is 4.90 Å². The van der Waals surface area contributed by atoms with Gasteiger partial charge in [-0.2, -0.15) is 0 Å². The molecule has 2 aliphatic heterocycles. The van der Waals surface area contributed by atoms with Crippen LogP contribution in [0.25, 0.3) is 11.1 Å². The summed E-state index contributed by atoms with van der Waals surface area (Å²) in [6, 6.07) is 11.1. The Bertz CT molecular complexity index is 876. The molecule has 0 radical (unpaired) electrons. The molecule has 0 aromatic heterocycles. The van der Waals surface area contributed by atoms with Crippen molar-refractivity contribution < 1.29 is 19.4 Å². The second kappa shape index (κ2) is 7.06. The fourth-order valence-electron chi connectivity index (χ4n) is 3.79. The van der Waals surface area contributed by atoms with Gasteiger partial charge in [0.05, 0.1) is 6.54 Å². The molecule has 0 saturated carbocycles. The van der Waals surface area contributed by atoms with Gasteiger partial charge in [0.1, 0.15) is 12.2 Å². The number of nitrogens with zero attached hydrogens (tertiary/aromatic N) is 1. The van der Waals surface area contributed by atoms with Gasteiger partial charge in [-0.1, -0.05) is 23.7 Å². The average Bonchev–Trinajstić information content (AvgIpc) is 2.98. The van der Waals surface area contributed by atoms with Crippen LogP contribution in [0.5, 0.6) is 11.5 Å². The van der Waals surface area contributed by atoms with Crippen LogP contribution in [0.15, 0.2) is 36.4 Å². The van der Waals surface area contributed by atoms with Crippen LogP contribution in [0.2, 0.25) is 5.02 Å². The molecule has 2 heterocycles. The Morgan fingerprint density at radius 1 is 1.22 bits per heavy atom. The third-order valence-electron chi connectivity index (χ3n) is 5.23. The molecule has 1 amide bonds. The van der Waals surface area contributed by atoms with Gasteiger partial charge in [-0.3, -0.25) is 4.79 Å². The van der Waals surface area contributed by atoms with Crippen LogP contribution in [-0.2, 0) is 16.1 Å². The maximum Gasteiger partial charge on any atom is 0.254 e. The molecule has 2 aromatic rings. The first kappa shape index (κ1) is 18.1. The number of phenolic OH excluding ortho intramolecular Hbond substituents is 1. The summed E-state index contributed by atoms with van der Waals surface area (Å²) in [5.41, 5.74) is 1.73. The van der Waals surface area contributed by atoms with Gasteiger partial charge in [0, 0.05) is 23.7 Å². The maximum absolute atomic E-state index is 13.0. The summed E-state index contributed by atoms with van der Waals surface area (Å²) in [5, 5.41) is 11.1. The molecule has 0 aliphatic carbocycles. The summed E-state index contributed by atoms with van der Waals surface area (Å²) in [6.07, 6.45) is 1.62. The van der Waals surface area contributed by atoms with Gasteiger partial charge in [-0.25, -0.2) is 0 Å². The first-order valence-electron chi connectivity index (χ1n) is 9.14. The van der Waals surface area contributed by atoms with Crippen LogP contribution >= 0.6 is 11.6 Å². The fourth-order valence-corrected chi connectivity index (χ4v) is 3.98. The zero-order chi connectivity index (χ0) is 19.0. The number of hydrogen-bond acceptors (Lipinski definition) is 4. The number of amides is 1. The van der Waals surface area contributed by atoms with E-state index in [4.69, 9.17) is 21.1 Å². The lowest BCUT2D eigenvalue weighted by molar-refractivity contribution is -0.151. The summed E-state index contributed by atoms with van der Waals surface area (Å²) in [5.74, 6) is 0.484. The lowest BCUT2D eigenvalue weighted by atomic mass is 9.99. The van der Waals surface area contributed by atoms with E-state index in [0.717, 1.165) is 29.5 Å². The molecule has 4 rings (SSSR count). The highest BCUT2D eigenvalue weighted by atomic mass is 35.5. The molecule has 1 fully saturated rings. The van der Waals surface area contributed by atoms with E-state index in [-0.39, 0.29) is 11.7 Å².